The molecule has 0 aliphatic carbocycles. The van der Waals surface area contributed by atoms with E-state index in [9.17, 15) is 9.59 Å². The molecule has 1 aromatic carbocycles. The van der Waals surface area contributed by atoms with Gasteiger partial charge in [0.05, 0.1) is 13.7 Å². The highest BCUT2D eigenvalue weighted by atomic mass is 79.9. The number of hydrogen-bond acceptors (Lipinski definition) is 3. The van der Waals surface area contributed by atoms with Crippen molar-refractivity contribution in [2.45, 2.75) is 6.54 Å². The molecule has 0 unspecified atom stereocenters. The lowest BCUT2D eigenvalue weighted by atomic mass is 10.2. The normalized spacial score (nSPS) is 10.5. The summed E-state index contributed by atoms with van der Waals surface area (Å²) in [6.45, 7) is 0.248. The van der Waals surface area contributed by atoms with Gasteiger partial charge in [-0.15, -0.1) is 0 Å². The van der Waals surface area contributed by atoms with E-state index >= 15 is 0 Å². The average molecular weight is 346 g/mol. The lowest BCUT2D eigenvalue weighted by Gasteiger charge is -2.10. The van der Waals surface area contributed by atoms with Crippen LogP contribution in [0.5, 0.6) is 5.75 Å². The van der Waals surface area contributed by atoms with Crippen LogP contribution in [0.2, 0.25) is 5.02 Å². The lowest BCUT2D eigenvalue weighted by Crippen LogP contribution is -2.30. The van der Waals surface area contributed by atoms with Crippen molar-refractivity contribution in [3.05, 3.63) is 60.3 Å². The van der Waals surface area contributed by atoms with Crippen molar-refractivity contribution in [2.24, 2.45) is 0 Å². The number of ether oxygens (including phenoxy) is 1. The maximum Gasteiger partial charge on any atom is 0.328 e. The summed E-state index contributed by atoms with van der Waals surface area (Å²) in [4.78, 5) is 25.0. The number of nitrogens with zero attached hydrogens (tertiary/aromatic N) is 1. The molecule has 7 heteroatoms. The first-order chi connectivity index (χ1) is 9.01. The summed E-state index contributed by atoms with van der Waals surface area (Å²) in [5, 5.41) is -0.0337. The number of halogens is 2. The van der Waals surface area contributed by atoms with Crippen molar-refractivity contribution in [1.29, 1.82) is 0 Å². The second-order valence-corrected chi connectivity index (χ2v) is 5.14. The van der Waals surface area contributed by atoms with Gasteiger partial charge < -0.3 is 4.74 Å². The molecule has 2 aromatic rings. The van der Waals surface area contributed by atoms with Crippen molar-refractivity contribution in [2.75, 3.05) is 7.11 Å². The molecule has 0 amide bonds. The van der Waals surface area contributed by atoms with Crippen LogP contribution in [0.15, 0.2) is 38.5 Å². The number of methoxy groups -OCH3 is 1. The van der Waals surface area contributed by atoms with Crippen LogP contribution < -0.4 is 16.0 Å². The Morgan fingerprint density at radius 1 is 1.42 bits per heavy atom. The van der Waals surface area contributed by atoms with E-state index in [1.54, 1.807) is 13.2 Å². The lowest BCUT2D eigenvalue weighted by molar-refractivity contribution is 0.408. The van der Waals surface area contributed by atoms with Gasteiger partial charge in [0.25, 0.3) is 5.56 Å². The quantitative estimate of drug-likeness (QED) is 0.925. The zero-order chi connectivity index (χ0) is 14.0. The fourth-order valence-corrected chi connectivity index (χ4v) is 2.23. The minimum absolute atomic E-state index is 0.0337. The Kier molecular flexibility index (Phi) is 4.11. The van der Waals surface area contributed by atoms with Crippen molar-refractivity contribution < 1.29 is 4.74 Å². The van der Waals surface area contributed by atoms with Gasteiger partial charge in [-0.1, -0.05) is 27.5 Å². The highest BCUT2D eigenvalue weighted by molar-refractivity contribution is 9.10. The number of aromatic amines is 1. The number of nitrogens with one attached hydrogen (secondary N) is 1. The van der Waals surface area contributed by atoms with E-state index in [0.717, 1.165) is 10.0 Å². The second kappa shape index (κ2) is 5.63. The number of aromatic nitrogens is 2. The zero-order valence-corrected chi connectivity index (χ0v) is 12.3. The van der Waals surface area contributed by atoms with E-state index in [1.807, 2.05) is 12.1 Å². The predicted octanol–water partition coefficient (Wildman–Crippen LogP) is 2.01. The summed E-state index contributed by atoms with van der Waals surface area (Å²) in [7, 11) is 1.55. The summed E-state index contributed by atoms with van der Waals surface area (Å²) >= 11 is 9.07. The summed E-state index contributed by atoms with van der Waals surface area (Å²) in [5.74, 6) is 0.650. The fourth-order valence-electron chi connectivity index (χ4n) is 1.65. The van der Waals surface area contributed by atoms with Gasteiger partial charge in [-0.25, -0.2) is 4.79 Å². The Bertz CT molecular complexity index is 724. The van der Waals surface area contributed by atoms with Gasteiger partial charge in [0.15, 0.2) is 0 Å². The Labute approximate surface area is 121 Å². The number of benzene rings is 1. The first-order valence-corrected chi connectivity index (χ1v) is 6.50. The van der Waals surface area contributed by atoms with Crippen LogP contribution in [0.3, 0.4) is 0 Å². The maximum atomic E-state index is 11.7. The summed E-state index contributed by atoms with van der Waals surface area (Å²) in [6, 6.07) is 5.47. The molecule has 0 spiro atoms. The van der Waals surface area contributed by atoms with Gasteiger partial charge in [0.1, 0.15) is 10.8 Å². The third kappa shape index (κ3) is 3.08. The van der Waals surface area contributed by atoms with Crippen LogP contribution >= 0.6 is 27.5 Å². The van der Waals surface area contributed by atoms with E-state index in [0.29, 0.717) is 5.75 Å². The van der Waals surface area contributed by atoms with Gasteiger partial charge in [-0.2, -0.15) is 0 Å². The minimum atomic E-state index is -0.593. The maximum absolute atomic E-state index is 11.7. The molecule has 0 atom stereocenters. The standard InChI is InChI=1S/C12H10BrClN2O3/c1-19-10-3-2-8(13)4-7(10)5-16-6-9(14)11(17)15-12(16)18/h2-4,6H,5H2,1H3,(H,15,17,18). The summed E-state index contributed by atoms with van der Waals surface area (Å²) in [6.07, 6.45) is 1.31. The Morgan fingerprint density at radius 3 is 2.84 bits per heavy atom. The van der Waals surface area contributed by atoms with E-state index in [-0.39, 0.29) is 11.6 Å². The van der Waals surface area contributed by atoms with Crippen molar-refractivity contribution in [3.63, 3.8) is 0 Å². The van der Waals surface area contributed by atoms with Crippen LogP contribution in [0.4, 0.5) is 0 Å². The van der Waals surface area contributed by atoms with E-state index < -0.39 is 11.2 Å². The number of rotatable bonds is 3. The second-order valence-electron chi connectivity index (χ2n) is 3.82. The molecule has 0 aliphatic heterocycles. The molecule has 1 heterocycles. The first kappa shape index (κ1) is 13.9. The van der Waals surface area contributed by atoms with Crippen LogP contribution in [0.1, 0.15) is 5.56 Å². The predicted molar refractivity (Wildman–Crippen MR) is 76.1 cm³/mol. The van der Waals surface area contributed by atoms with Crippen molar-refractivity contribution in [3.8, 4) is 5.75 Å². The van der Waals surface area contributed by atoms with E-state index in [4.69, 9.17) is 16.3 Å². The topological polar surface area (TPSA) is 64.1 Å². The van der Waals surface area contributed by atoms with Gasteiger partial charge in [0, 0.05) is 16.2 Å². The smallest absolute Gasteiger partial charge is 0.328 e. The average Bonchev–Trinajstić information content (AvgIpc) is 2.36. The first-order valence-electron chi connectivity index (χ1n) is 5.33. The molecule has 0 fully saturated rings. The SMILES string of the molecule is COc1ccc(Br)cc1Cn1cc(Cl)c(=O)[nH]c1=O. The molecule has 2 rings (SSSR count). The molecule has 1 N–H and O–H groups in total. The third-order valence-electron chi connectivity index (χ3n) is 2.55. The highest BCUT2D eigenvalue weighted by Crippen LogP contribution is 2.23. The van der Waals surface area contributed by atoms with Gasteiger partial charge in [-0.05, 0) is 18.2 Å². The zero-order valence-electron chi connectivity index (χ0n) is 9.94. The molecule has 0 bridgehead atoms. The van der Waals surface area contributed by atoms with Crippen LogP contribution in [-0.4, -0.2) is 16.7 Å². The van der Waals surface area contributed by atoms with Gasteiger partial charge in [-0.3, -0.25) is 14.3 Å². The van der Waals surface area contributed by atoms with Crippen molar-refractivity contribution in [1.82, 2.24) is 9.55 Å². The van der Waals surface area contributed by atoms with Crippen molar-refractivity contribution >= 4 is 27.5 Å². The molecule has 0 aliphatic rings. The molecule has 1 aromatic heterocycles. The molecule has 100 valence electrons. The molecular weight excluding hydrogens is 336 g/mol. The Balaban J connectivity index is 2.47. The van der Waals surface area contributed by atoms with Gasteiger partial charge >= 0.3 is 5.69 Å². The molecular formula is C12H10BrClN2O3. The fraction of sp³-hybridized carbons (Fsp3) is 0.167. The van der Waals surface area contributed by atoms with E-state index in [2.05, 4.69) is 20.9 Å². The van der Waals surface area contributed by atoms with Crippen LogP contribution in [0, 0.1) is 0 Å². The molecule has 5 nitrogen and oxygen atoms in total. The number of H-pyrrole nitrogens is 1. The molecule has 19 heavy (non-hydrogen) atoms. The van der Waals surface area contributed by atoms with E-state index in [1.165, 1.54) is 10.8 Å². The molecule has 0 saturated heterocycles. The highest BCUT2D eigenvalue weighted by Gasteiger charge is 2.08. The molecule has 0 radical (unpaired) electrons. The van der Waals surface area contributed by atoms with Crippen LogP contribution in [-0.2, 0) is 6.54 Å². The summed E-state index contributed by atoms with van der Waals surface area (Å²) in [5.41, 5.74) is -0.317. The number of hydrogen-bond donors (Lipinski definition) is 1. The Hall–Kier alpha value is -1.53. The monoisotopic (exact) mass is 344 g/mol. The van der Waals surface area contributed by atoms with Gasteiger partial charge in [0.2, 0.25) is 0 Å². The largest absolute Gasteiger partial charge is 0.496 e. The molecule has 0 saturated carbocycles. The summed E-state index contributed by atoms with van der Waals surface area (Å²) < 4.78 is 7.41. The van der Waals surface area contributed by atoms with Crippen LogP contribution in [0.25, 0.3) is 0 Å². The third-order valence-corrected chi connectivity index (χ3v) is 3.31. The minimum Gasteiger partial charge on any atom is -0.496 e. The Morgan fingerprint density at radius 2 is 2.16 bits per heavy atom.